The number of rotatable bonds is 7. The maximum Gasteiger partial charge on any atom is 0.360 e. The number of hydrogen-bond donors (Lipinski definition) is 1. The average molecular weight is 360 g/mol. The molecule has 1 amide bonds. The standard InChI is InChI=1S/C19H24N2O3S/c1-5-14(13-10-8-7-9-11-13)16(22)21-18-15(19(23)24-6-2)20-17(25-18)12(3)4/h7-12,14H,5-6H2,1-4H3,(H,21,22). The predicted molar refractivity (Wildman–Crippen MR) is 100 cm³/mol. The Morgan fingerprint density at radius 1 is 1.20 bits per heavy atom. The van der Waals surface area contributed by atoms with Crippen molar-refractivity contribution in [2.45, 2.75) is 46.0 Å². The van der Waals surface area contributed by atoms with Crippen molar-refractivity contribution in [1.29, 1.82) is 0 Å². The van der Waals surface area contributed by atoms with Crippen LogP contribution < -0.4 is 5.32 Å². The molecule has 1 unspecified atom stereocenters. The lowest BCUT2D eigenvalue weighted by atomic mass is 9.96. The number of ether oxygens (including phenoxy) is 1. The summed E-state index contributed by atoms with van der Waals surface area (Å²) in [5.41, 5.74) is 1.14. The summed E-state index contributed by atoms with van der Waals surface area (Å²) < 4.78 is 5.07. The first-order chi connectivity index (χ1) is 12.0. The molecule has 1 N–H and O–H groups in total. The summed E-state index contributed by atoms with van der Waals surface area (Å²) in [4.78, 5) is 29.3. The van der Waals surface area contributed by atoms with Crippen molar-refractivity contribution in [2.75, 3.05) is 11.9 Å². The average Bonchev–Trinajstić information content (AvgIpc) is 3.01. The highest BCUT2D eigenvalue weighted by atomic mass is 32.1. The van der Waals surface area contributed by atoms with E-state index in [1.54, 1.807) is 6.92 Å². The Bertz CT molecular complexity index is 726. The van der Waals surface area contributed by atoms with Gasteiger partial charge in [-0.25, -0.2) is 9.78 Å². The smallest absolute Gasteiger partial charge is 0.360 e. The van der Waals surface area contributed by atoms with E-state index in [4.69, 9.17) is 4.74 Å². The van der Waals surface area contributed by atoms with Crippen LogP contribution in [0.5, 0.6) is 0 Å². The van der Waals surface area contributed by atoms with Crippen molar-refractivity contribution in [3.63, 3.8) is 0 Å². The fourth-order valence-corrected chi connectivity index (χ4v) is 3.42. The van der Waals surface area contributed by atoms with Crippen LogP contribution in [-0.4, -0.2) is 23.5 Å². The summed E-state index contributed by atoms with van der Waals surface area (Å²) in [5, 5.41) is 4.15. The third-order valence-electron chi connectivity index (χ3n) is 3.77. The van der Waals surface area contributed by atoms with Crippen molar-refractivity contribution in [3.05, 3.63) is 46.6 Å². The van der Waals surface area contributed by atoms with Crippen molar-refractivity contribution in [2.24, 2.45) is 0 Å². The number of esters is 1. The highest BCUT2D eigenvalue weighted by molar-refractivity contribution is 7.16. The van der Waals surface area contributed by atoms with Gasteiger partial charge in [0.2, 0.25) is 5.91 Å². The molecule has 25 heavy (non-hydrogen) atoms. The van der Waals surface area contributed by atoms with Crippen LogP contribution in [0.2, 0.25) is 0 Å². The lowest BCUT2D eigenvalue weighted by Gasteiger charge is -2.15. The van der Waals surface area contributed by atoms with Crippen LogP contribution in [0.4, 0.5) is 5.00 Å². The third kappa shape index (κ3) is 4.66. The molecule has 0 aliphatic carbocycles. The highest BCUT2D eigenvalue weighted by Gasteiger charge is 2.25. The molecule has 6 heteroatoms. The Balaban J connectivity index is 2.28. The molecule has 1 heterocycles. The maximum absolute atomic E-state index is 12.8. The first-order valence-electron chi connectivity index (χ1n) is 8.51. The topological polar surface area (TPSA) is 68.3 Å². The summed E-state index contributed by atoms with van der Waals surface area (Å²) in [6.07, 6.45) is 0.667. The van der Waals surface area contributed by atoms with Gasteiger partial charge in [0.25, 0.3) is 0 Å². The molecule has 0 aliphatic heterocycles. The molecule has 0 radical (unpaired) electrons. The van der Waals surface area contributed by atoms with E-state index in [1.165, 1.54) is 11.3 Å². The van der Waals surface area contributed by atoms with Crippen LogP contribution in [0.25, 0.3) is 0 Å². The minimum absolute atomic E-state index is 0.141. The predicted octanol–water partition coefficient (Wildman–Crippen LogP) is 4.58. The third-order valence-corrected chi connectivity index (χ3v) is 5.04. The van der Waals surface area contributed by atoms with Crippen LogP contribution in [0.3, 0.4) is 0 Å². The SMILES string of the molecule is CCOC(=O)c1nc(C(C)C)sc1NC(=O)C(CC)c1ccccc1. The van der Waals surface area contributed by atoms with Crippen molar-refractivity contribution in [3.8, 4) is 0 Å². The summed E-state index contributed by atoms with van der Waals surface area (Å²) in [6, 6.07) is 9.63. The van der Waals surface area contributed by atoms with Crippen molar-refractivity contribution < 1.29 is 14.3 Å². The molecule has 0 saturated carbocycles. The zero-order chi connectivity index (χ0) is 18.4. The largest absolute Gasteiger partial charge is 0.461 e. The van der Waals surface area contributed by atoms with Gasteiger partial charge in [0, 0.05) is 5.92 Å². The van der Waals surface area contributed by atoms with E-state index in [-0.39, 0.29) is 30.0 Å². The molecule has 0 fully saturated rings. The van der Waals surface area contributed by atoms with Crippen molar-refractivity contribution in [1.82, 2.24) is 4.98 Å². The van der Waals surface area contributed by atoms with Crippen LogP contribution >= 0.6 is 11.3 Å². The molecule has 5 nitrogen and oxygen atoms in total. The Kier molecular flexibility index (Phi) is 6.70. The number of carbonyl (C=O) groups excluding carboxylic acids is 2. The second-order valence-corrected chi connectivity index (χ2v) is 7.00. The van der Waals surface area contributed by atoms with Gasteiger partial charge in [-0.3, -0.25) is 4.79 Å². The molecule has 1 aromatic heterocycles. The van der Waals surface area contributed by atoms with E-state index in [1.807, 2.05) is 51.1 Å². The minimum Gasteiger partial charge on any atom is -0.461 e. The van der Waals surface area contributed by atoms with Gasteiger partial charge in [0.1, 0.15) is 5.00 Å². The summed E-state index contributed by atoms with van der Waals surface area (Å²) in [5.74, 6) is -0.757. The normalized spacial score (nSPS) is 12.0. The molecular weight excluding hydrogens is 336 g/mol. The summed E-state index contributed by atoms with van der Waals surface area (Å²) >= 11 is 1.33. The van der Waals surface area contributed by atoms with Gasteiger partial charge < -0.3 is 10.1 Å². The van der Waals surface area contributed by atoms with Crippen LogP contribution in [0, 0.1) is 0 Å². The number of hydrogen-bond acceptors (Lipinski definition) is 5. The fraction of sp³-hybridized carbons (Fsp3) is 0.421. The van der Waals surface area contributed by atoms with E-state index in [0.717, 1.165) is 10.6 Å². The second-order valence-electron chi connectivity index (χ2n) is 5.97. The minimum atomic E-state index is -0.506. The summed E-state index contributed by atoms with van der Waals surface area (Å²) in [6.45, 7) is 7.98. The Labute approximate surface area is 152 Å². The van der Waals surface area contributed by atoms with E-state index in [0.29, 0.717) is 11.4 Å². The number of nitrogens with zero attached hydrogens (tertiary/aromatic N) is 1. The molecular formula is C19H24N2O3S. The van der Waals surface area contributed by atoms with Gasteiger partial charge in [0.05, 0.1) is 17.5 Å². The number of benzene rings is 1. The Morgan fingerprint density at radius 2 is 1.88 bits per heavy atom. The van der Waals surface area contributed by atoms with Crippen molar-refractivity contribution >= 4 is 28.2 Å². The molecule has 2 aromatic rings. The fourth-order valence-electron chi connectivity index (χ4n) is 2.46. The lowest BCUT2D eigenvalue weighted by Crippen LogP contribution is -2.21. The number of nitrogens with one attached hydrogen (secondary N) is 1. The molecule has 2 rings (SSSR count). The number of carbonyl (C=O) groups is 2. The van der Waals surface area contributed by atoms with Gasteiger partial charge >= 0.3 is 5.97 Å². The van der Waals surface area contributed by atoms with Crippen LogP contribution in [0.1, 0.15) is 67.0 Å². The number of aromatic nitrogens is 1. The quantitative estimate of drug-likeness (QED) is 0.734. The Morgan fingerprint density at radius 3 is 2.44 bits per heavy atom. The number of amides is 1. The van der Waals surface area contributed by atoms with Gasteiger partial charge in [0.15, 0.2) is 5.69 Å². The van der Waals surface area contributed by atoms with E-state index in [9.17, 15) is 9.59 Å². The molecule has 0 bridgehead atoms. The van der Waals surface area contributed by atoms with Gasteiger partial charge in [-0.1, -0.05) is 51.1 Å². The van der Waals surface area contributed by atoms with Crippen LogP contribution in [0.15, 0.2) is 30.3 Å². The molecule has 0 spiro atoms. The van der Waals surface area contributed by atoms with Gasteiger partial charge in [-0.2, -0.15) is 0 Å². The van der Waals surface area contributed by atoms with Crippen LogP contribution in [-0.2, 0) is 9.53 Å². The maximum atomic E-state index is 12.8. The highest BCUT2D eigenvalue weighted by Crippen LogP contribution is 2.31. The van der Waals surface area contributed by atoms with E-state index in [2.05, 4.69) is 10.3 Å². The lowest BCUT2D eigenvalue weighted by molar-refractivity contribution is -0.117. The monoisotopic (exact) mass is 360 g/mol. The zero-order valence-electron chi connectivity index (χ0n) is 15.0. The molecule has 0 aliphatic rings. The molecule has 1 aromatic carbocycles. The first-order valence-corrected chi connectivity index (χ1v) is 9.33. The molecule has 0 saturated heterocycles. The Hall–Kier alpha value is -2.21. The van der Waals surface area contributed by atoms with E-state index >= 15 is 0 Å². The van der Waals surface area contributed by atoms with Gasteiger partial charge in [-0.15, -0.1) is 11.3 Å². The zero-order valence-corrected chi connectivity index (χ0v) is 15.9. The number of anilines is 1. The summed E-state index contributed by atoms with van der Waals surface area (Å²) in [7, 11) is 0. The first kappa shape index (κ1) is 19.1. The number of thiazole rings is 1. The molecule has 134 valence electrons. The second kappa shape index (κ2) is 8.76. The van der Waals surface area contributed by atoms with E-state index < -0.39 is 5.97 Å². The van der Waals surface area contributed by atoms with Gasteiger partial charge in [-0.05, 0) is 18.9 Å². The molecule has 1 atom stereocenters.